The first-order valence-corrected chi connectivity index (χ1v) is 12.6. The minimum atomic E-state index is -0.444. The number of carbonyl (C=O) groups excluding carboxylic acids is 1. The number of pyridine rings is 1. The number of hydrogen-bond donors (Lipinski definition) is 2. The molecule has 1 amide bonds. The number of ether oxygens (including phenoxy) is 1. The second-order valence-corrected chi connectivity index (χ2v) is 9.18. The number of anilines is 2. The quantitative estimate of drug-likeness (QED) is 0.162. The molecule has 0 spiro atoms. The highest BCUT2D eigenvalue weighted by atomic mass is 32.1. The first-order valence-electron chi connectivity index (χ1n) is 12.2. The fourth-order valence-corrected chi connectivity index (χ4v) is 4.88. The van der Waals surface area contributed by atoms with Crippen LogP contribution < -0.4 is 20.3 Å². The summed E-state index contributed by atoms with van der Waals surface area (Å²) in [7, 11) is 1.54. The van der Waals surface area contributed by atoms with Gasteiger partial charge in [0.15, 0.2) is 5.11 Å². The highest BCUT2D eigenvalue weighted by Gasteiger charge is 2.43. The summed E-state index contributed by atoms with van der Waals surface area (Å²) in [6.45, 7) is 1.78. The minimum Gasteiger partial charge on any atom is -0.494 e. The van der Waals surface area contributed by atoms with E-state index in [0.717, 1.165) is 11.4 Å². The number of furan rings is 1. The van der Waals surface area contributed by atoms with Crippen LogP contribution in [0.25, 0.3) is 11.3 Å². The third-order valence-electron chi connectivity index (χ3n) is 6.42. The Morgan fingerprint density at radius 1 is 1.18 bits per heavy atom. The van der Waals surface area contributed by atoms with Crippen molar-refractivity contribution in [2.45, 2.75) is 25.4 Å². The average Bonchev–Trinajstić information content (AvgIpc) is 3.58. The SMILES string of the molecule is CCC(=O)Nc1ccc(N2C(=S)N[C@@H](c3ccccn3)[C@H]2c2ccc(-c3cccc([N+](=O)[O-])c3)o2)cc1OC. The summed E-state index contributed by atoms with van der Waals surface area (Å²) >= 11 is 5.78. The Balaban J connectivity index is 1.57. The number of nitro benzene ring substituents is 1. The molecule has 10 nitrogen and oxygen atoms in total. The number of hydrogen-bond acceptors (Lipinski definition) is 7. The Morgan fingerprint density at radius 2 is 2.03 bits per heavy atom. The largest absolute Gasteiger partial charge is 0.494 e. The summed E-state index contributed by atoms with van der Waals surface area (Å²) in [5.74, 6) is 1.42. The van der Waals surface area contributed by atoms with Crippen molar-refractivity contribution in [3.05, 3.63) is 101 Å². The van der Waals surface area contributed by atoms with E-state index in [-0.39, 0.29) is 17.6 Å². The summed E-state index contributed by atoms with van der Waals surface area (Å²) in [4.78, 5) is 29.3. The predicted octanol–water partition coefficient (Wildman–Crippen LogP) is 5.78. The van der Waals surface area contributed by atoms with E-state index in [1.807, 2.05) is 35.2 Å². The average molecular weight is 544 g/mol. The topological polar surface area (TPSA) is 123 Å². The monoisotopic (exact) mass is 543 g/mol. The van der Waals surface area contributed by atoms with Crippen molar-refractivity contribution in [1.82, 2.24) is 10.3 Å². The normalized spacial score (nSPS) is 16.6. The van der Waals surface area contributed by atoms with Crippen molar-refractivity contribution in [1.29, 1.82) is 0 Å². The van der Waals surface area contributed by atoms with E-state index in [2.05, 4.69) is 15.6 Å². The maximum absolute atomic E-state index is 12.0. The lowest BCUT2D eigenvalue weighted by molar-refractivity contribution is -0.384. The number of non-ortho nitro benzene ring substituents is 1. The Bertz CT molecular complexity index is 1540. The third kappa shape index (κ3) is 5.16. The number of thiocarbonyl (C=S) groups is 1. The summed E-state index contributed by atoms with van der Waals surface area (Å²) < 4.78 is 11.9. The fraction of sp³-hybridized carbons (Fsp3) is 0.179. The van der Waals surface area contributed by atoms with Crippen molar-refractivity contribution >= 4 is 40.3 Å². The Morgan fingerprint density at radius 3 is 2.74 bits per heavy atom. The summed E-state index contributed by atoms with van der Waals surface area (Å²) in [6.07, 6.45) is 2.05. The molecular weight excluding hydrogens is 518 g/mol. The van der Waals surface area contributed by atoms with Gasteiger partial charge >= 0.3 is 0 Å². The van der Waals surface area contributed by atoms with E-state index >= 15 is 0 Å². The molecule has 0 unspecified atom stereocenters. The molecule has 4 aromatic rings. The molecule has 1 aliphatic rings. The van der Waals surface area contributed by atoms with Gasteiger partial charge in [-0.2, -0.15) is 0 Å². The lowest BCUT2D eigenvalue weighted by atomic mass is 10.0. The van der Waals surface area contributed by atoms with Crippen molar-refractivity contribution in [3.63, 3.8) is 0 Å². The van der Waals surface area contributed by atoms with Crippen molar-refractivity contribution in [2.75, 3.05) is 17.3 Å². The van der Waals surface area contributed by atoms with E-state index < -0.39 is 11.0 Å². The molecule has 2 aromatic heterocycles. The molecule has 2 N–H and O–H groups in total. The van der Waals surface area contributed by atoms with Crippen LogP contribution in [0.1, 0.15) is 36.9 Å². The molecule has 0 radical (unpaired) electrons. The number of aromatic nitrogens is 1. The molecule has 1 aliphatic heterocycles. The van der Waals surface area contributed by atoms with Crippen LogP contribution >= 0.6 is 12.2 Å². The second kappa shape index (κ2) is 10.9. The molecule has 2 atom stereocenters. The maximum Gasteiger partial charge on any atom is 0.270 e. The van der Waals surface area contributed by atoms with Crippen LogP contribution in [0.2, 0.25) is 0 Å². The van der Waals surface area contributed by atoms with Gasteiger partial charge in [0.05, 0.1) is 29.5 Å². The maximum atomic E-state index is 12.0. The molecule has 0 saturated carbocycles. The van der Waals surface area contributed by atoms with Gasteiger partial charge in [-0.3, -0.25) is 19.9 Å². The van der Waals surface area contributed by atoms with Gasteiger partial charge in [0.2, 0.25) is 5.91 Å². The minimum absolute atomic E-state index is 0.0236. The van der Waals surface area contributed by atoms with Crippen LogP contribution in [0.4, 0.5) is 17.1 Å². The molecule has 3 heterocycles. The van der Waals surface area contributed by atoms with E-state index in [1.54, 1.807) is 43.5 Å². The van der Waals surface area contributed by atoms with Crippen LogP contribution in [-0.4, -0.2) is 28.0 Å². The Labute approximate surface area is 229 Å². The van der Waals surface area contributed by atoms with Gasteiger partial charge in [-0.1, -0.05) is 25.1 Å². The third-order valence-corrected chi connectivity index (χ3v) is 6.73. The fourth-order valence-electron chi connectivity index (χ4n) is 4.53. The van der Waals surface area contributed by atoms with Gasteiger partial charge in [-0.25, -0.2) is 0 Å². The molecule has 0 aliphatic carbocycles. The second-order valence-electron chi connectivity index (χ2n) is 8.79. The molecule has 198 valence electrons. The Kier molecular flexibility index (Phi) is 7.24. The zero-order valence-corrected chi connectivity index (χ0v) is 22.0. The van der Waals surface area contributed by atoms with E-state index in [0.29, 0.717) is 40.1 Å². The highest BCUT2D eigenvalue weighted by Crippen LogP contribution is 2.44. The zero-order chi connectivity index (χ0) is 27.5. The number of methoxy groups -OCH3 is 1. The molecule has 1 saturated heterocycles. The van der Waals surface area contributed by atoms with Crippen molar-refractivity contribution in [2.24, 2.45) is 0 Å². The first-order chi connectivity index (χ1) is 18.9. The summed E-state index contributed by atoms with van der Waals surface area (Å²) in [5, 5.41) is 18.0. The van der Waals surface area contributed by atoms with Gasteiger partial charge in [-0.05, 0) is 48.6 Å². The van der Waals surface area contributed by atoms with E-state index in [9.17, 15) is 14.9 Å². The van der Waals surface area contributed by atoms with Crippen molar-refractivity contribution < 1.29 is 18.9 Å². The van der Waals surface area contributed by atoms with Crippen molar-refractivity contribution in [3.8, 4) is 17.1 Å². The summed E-state index contributed by atoms with van der Waals surface area (Å²) in [6, 6.07) is 20.2. The molecule has 1 fully saturated rings. The van der Waals surface area contributed by atoms with Gasteiger partial charge in [0.1, 0.15) is 23.3 Å². The number of nitro groups is 1. The molecule has 5 rings (SSSR count). The van der Waals surface area contributed by atoms with Crippen LogP contribution in [0.15, 0.2) is 83.4 Å². The summed E-state index contributed by atoms with van der Waals surface area (Å²) in [5.41, 5.74) is 2.59. The number of carbonyl (C=O) groups is 1. The molecule has 2 aromatic carbocycles. The molecular formula is C28H25N5O5S. The molecule has 39 heavy (non-hydrogen) atoms. The van der Waals surface area contributed by atoms with Crippen LogP contribution in [0, 0.1) is 10.1 Å². The van der Waals surface area contributed by atoms with Gasteiger partial charge in [-0.15, -0.1) is 0 Å². The number of amides is 1. The van der Waals surface area contributed by atoms with Gasteiger partial charge < -0.3 is 24.7 Å². The number of rotatable bonds is 8. The highest BCUT2D eigenvalue weighted by molar-refractivity contribution is 7.80. The molecule has 0 bridgehead atoms. The van der Waals surface area contributed by atoms with Crippen LogP contribution in [0.3, 0.4) is 0 Å². The number of benzene rings is 2. The standard InChI is InChI=1S/C28H25N5O5S/c1-3-25(34)30-20-11-10-18(16-24(20)37-2)32-27(26(31-28(32)39)21-9-4-5-14-29-21)23-13-12-22(38-23)17-7-6-8-19(15-17)33(35)36/h4-16,26-27H,3H2,1-2H3,(H,30,34)(H,31,39)/t26-,27+/m0/s1. The lowest BCUT2D eigenvalue weighted by Crippen LogP contribution is -2.29. The first kappa shape index (κ1) is 25.9. The van der Waals surface area contributed by atoms with Gasteiger partial charge in [0, 0.05) is 42.1 Å². The zero-order valence-electron chi connectivity index (χ0n) is 21.2. The smallest absolute Gasteiger partial charge is 0.270 e. The number of nitrogens with zero attached hydrogens (tertiary/aromatic N) is 3. The van der Waals surface area contributed by atoms with Gasteiger partial charge in [0.25, 0.3) is 5.69 Å². The van der Waals surface area contributed by atoms with Crippen LogP contribution in [-0.2, 0) is 4.79 Å². The van der Waals surface area contributed by atoms with E-state index in [4.69, 9.17) is 21.4 Å². The van der Waals surface area contributed by atoms with Crippen LogP contribution in [0.5, 0.6) is 5.75 Å². The Hall–Kier alpha value is -4.77. The number of nitrogens with one attached hydrogen (secondary N) is 2. The predicted molar refractivity (Wildman–Crippen MR) is 151 cm³/mol. The molecule has 11 heteroatoms. The lowest BCUT2D eigenvalue weighted by Gasteiger charge is -2.27. The van der Waals surface area contributed by atoms with E-state index in [1.165, 1.54) is 19.2 Å².